The van der Waals surface area contributed by atoms with Gasteiger partial charge in [0.1, 0.15) is 12.3 Å². The molecule has 4 rings (SSSR count). The third-order valence-corrected chi connectivity index (χ3v) is 6.09. The standard InChI is InChI=1S/C25H29ClN4O3/c1-29(15-18-7-9-20(26)10-8-18)24(32)6-4-2-3-5-13-33-21-11-12-22-19(14-21)16-30-17-23(31)28-25(30)27-22/h7-12,14H,2-6,13,15-17H2,1H3,(H,27,28,31). The number of guanidine groups is 1. The van der Waals surface area contributed by atoms with E-state index in [1.165, 1.54) is 0 Å². The Hall–Kier alpha value is -3.06. The smallest absolute Gasteiger partial charge is 0.246 e. The molecule has 2 aliphatic heterocycles. The van der Waals surface area contributed by atoms with Crippen molar-refractivity contribution in [3.05, 3.63) is 58.6 Å². The van der Waals surface area contributed by atoms with E-state index in [0.717, 1.165) is 48.2 Å². The minimum atomic E-state index is -0.0204. The van der Waals surface area contributed by atoms with Crippen molar-refractivity contribution in [2.45, 2.75) is 45.2 Å². The molecule has 2 amide bonds. The SMILES string of the molecule is CN(Cc1ccc(Cl)cc1)C(=O)CCCCCCOc1ccc2c(c1)CN1CC(=O)NC1=N2. The maximum atomic E-state index is 12.3. The van der Waals surface area contributed by atoms with Gasteiger partial charge in [0.05, 0.1) is 12.3 Å². The number of unbranched alkanes of at least 4 members (excludes halogenated alkanes) is 3. The van der Waals surface area contributed by atoms with Crippen LogP contribution in [-0.2, 0) is 22.7 Å². The van der Waals surface area contributed by atoms with Crippen LogP contribution in [-0.4, -0.2) is 47.8 Å². The van der Waals surface area contributed by atoms with Gasteiger partial charge in [0, 0.05) is 37.1 Å². The predicted molar refractivity (Wildman–Crippen MR) is 129 cm³/mol. The van der Waals surface area contributed by atoms with Gasteiger partial charge < -0.3 is 14.5 Å². The van der Waals surface area contributed by atoms with Crippen LogP contribution in [0.4, 0.5) is 5.69 Å². The number of nitrogens with zero attached hydrogens (tertiary/aromatic N) is 3. The molecule has 2 aromatic rings. The van der Waals surface area contributed by atoms with Gasteiger partial charge in [-0.2, -0.15) is 0 Å². The van der Waals surface area contributed by atoms with Gasteiger partial charge in [0.2, 0.25) is 17.8 Å². The highest BCUT2D eigenvalue weighted by Gasteiger charge is 2.29. The van der Waals surface area contributed by atoms with Gasteiger partial charge in [0.25, 0.3) is 0 Å². The average Bonchev–Trinajstić information content (AvgIpc) is 3.16. The van der Waals surface area contributed by atoms with Gasteiger partial charge in [-0.25, -0.2) is 4.99 Å². The lowest BCUT2D eigenvalue weighted by molar-refractivity contribution is -0.130. The Balaban J connectivity index is 1.11. The number of hydrogen-bond acceptors (Lipinski definition) is 5. The fraction of sp³-hybridized carbons (Fsp3) is 0.400. The first-order chi connectivity index (χ1) is 16.0. The quantitative estimate of drug-likeness (QED) is 0.529. The minimum Gasteiger partial charge on any atom is -0.494 e. The van der Waals surface area contributed by atoms with Crippen molar-refractivity contribution >= 4 is 35.1 Å². The molecule has 0 atom stereocenters. The second-order valence-corrected chi connectivity index (χ2v) is 8.96. The van der Waals surface area contributed by atoms with Crippen LogP contribution in [0.15, 0.2) is 47.5 Å². The van der Waals surface area contributed by atoms with Crippen LogP contribution in [0.5, 0.6) is 5.75 Å². The van der Waals surface area contributed by atoms with Gasteiger partial charge >= 0.3 is 0 Å². The lowest BCUT2D eigenvalue weighted by Gasteiger charge is -2.23. The largest absolute Gasteiger partial charge is 0.494 e. The molecule has 0 unspecified atom stereocenters. The fourth-order valence-corrected chi connectivity index (χ4v) is 4.12. The van der Waals surface area contributed by atoms with Crippen molar-refractivity contribution in [2.24, 2.45) is 4.99 Å². The summed E-state index contributed by atoms with van der Waals surface area (Å²) in [6, 6.07) is 13.5. The lowest BCUT2D eigenvalue weighted by Crippen LogP contribution is -2.31. The van der Waals surface area contributed by atoms with Gasteiger partial charge in [0.15, 0.2) is 0 Å². The van der Waals surface area contributed by atoms with E-state index in [2.05, 4.69) is 10.3 Å². The third-order valence-electron chi connectivity index (χ3n) is 5.84. The Morgan fingerprint density at radius 1 is 1.12 bits per heavy atom. The Morgan fingerprint density at radius 2 is 1.91 bits per heavy atom. The van der Waals surface area contributed by atoms with E-state index in [4.69, 9.17) is 16.3 Å². The van der Waals surface area contributed by atoms with Crippen molar-refractivity contribution in [3.63, 3.8) is 0 Å². The maximum absolute atomic E-state index is 12.3. The Morgan fingerprint density at radius 3 is 2.73 bits per heavy atom. The van der Waals surface area contributed by atoms with Crippen LogP contribution in [0.3, 0.4) is 0 Å². The first kappa shape index (κ1) is 23.1. The van der Waals surface area contributed by atoms with Gasteiger partial charge in [-0.15, -0.1) is 0 Å². The van der Waals surface area contributed by atoms with Crippen LogP contribution in [0.1, 0.15) is 43.2 Å². The summed E-state index contributed by atoms with van der Waals surface area (Å²) in [5.41, 5.74) is 3.02. The summed E-state index contributed by atoms with van der Waals surface area (Å²) in [6.45, 7) is 2.25. The molecule has 8 heteroatoms. The number of rotatable bonds is 10. The van der Waals surface area contributed by atoms with E-state index in [0.29, 0.717) is 43.6 Å². The number of benzene rings is 2. The van der Waals surface area contributed by atoms with Crippen LogP contribution in [0, 0.1) is 0 Å². The molecule has 1 saturated heterocycles. The molecule has 0 spiro atoms. The molecule has 174 valence electrons. The molecule has 1 N–H and O–H groups in total. The summed E-state index contributed by atoms with van der Waals surface area (Å²) in [5.74, 6) is 1.60. The number of carbonyl (C=O) groups is 2. The fourth-order valence-electron chi connectivity index (χ4n) is 3.99. The van der Waals surface area contributed by atoms with Crippen LogP contribution >= 0.6 is 11.6 Å². The van der Waals surface area contributed by atoms with Crippen molar-refractivity contribution in [3.8, 4) is 5.75 Å². The number of hydrogen-bond donors (Lipinski definition) is 1. The number of amides is 2. The lowest BCUT2D eigenvalue weighted by atomic mass is 10.1. The van der Waals surface area contributed by atoms with E-state index in [9.17, 15) is 9.59 Å². The summed E-state index contributed by atoms with van der Waals surface area (Å²) >= 11 is 5.91. The topological polar surface area (TPSA) is 74.2 Å². The van der Waals surface area contributed by atoms with Crippen LogP contribution in [0.25, 0.3) is 0 Å². The number of fused-ring (bicyclic) bond motifs is 2. The van der Waals surface area contributed by atoms with Crippen molar-refractivity contribution < 1.29 is 14.3 Å². The Kier molecular flexibility index (Phi) is 7.50. The Bertz CT molecular complexity index is 1040. The zero-order valence-corrected chi connectivity index (χ0v) is 19.6. The summed E-state index contributed by atoms with van der Waals surface area (Å²) in [5, 5.41) is 3.48. The summed E-state index contributed by atoms with van der Waals surface area (Å²) in [4.78, 5) is 32.1. The van der Waals surface area contributed by atoms with Gasteiger partial charge in [-0.1, -0.05) is 36.6 Å². The molecule has 2 heterocycles. The number of carbonyl (C=O) groups excluding carboxylic acids is 2. The molecular weight excluding hydrogens is 440 g/mol. The number of aliphatic imine (C=N–C) groups is 1. The molecule has 7 nitrogen and oxygen atoms in total. The van der Waals surface area contributed by atoms with Crippen molar-refractivity contribution in [2.75, 3.05) is 20.2 Å². The molecule has 1 fully saturated rings. The van der Waals surface area contributed by atoms with E-state index in [1.807, 2.05) is 54.4 Å². The summed E-state index contributed by atoms with van der Waals surface area (Å²) in [7, 11) is 1.84. The second kappa shape index (κ2) is 10.7. The molecule has 0 bridgehead atoms. The summed E-state index contributed by atoms with van der Waals surface area (Å²) < 4.78 is 5.91. The van der Waals surface area contributed by atoms with Crippen molar-refractivity contribution in [1.82, 2.24) is 15.1 Å². The van der Waals surface area contributed by atoms with Crippen molar-refractivity contribution in [1.29, 1.82) is 0 Å². The summed E-state index contributed by atoms with van der Waals surface area (Å²) in [6.07, 6.45) is 4.41. The number of nitrogens with one attached hydrogen (secondary N) is 1. The van der Waals surface area contributed by atoms with E-state index < -0.39 is 0 Å². The molecule has 0 aromatic heterocycles. The molecule has 0 aliphatic carbocycles. The van der Waals surface area contributed by atoms with Crippen LogP contribution < -0.4 is 10.1 Å². The predicted octanol–water partition coefficient (Wildman–Crippen LogP) is 4.26. The molecule has 2 aliphatic rings. The highest BCUT2D eigenvalue weighted by molar-refractivity contribution is 6.30. The van der Waals surface area contributed by atoms with Crippen LogP contribution in [0.2, 0.25) is 5.02 Å². The first-order valence-corrected chi connectivity index (χ1v) is 11.7. The zero-order chi connectivity index (χ0) is 23.2. The number of halogens is 1. The molecule has 0 radical (unpaired) electrons. The molecule has 0 saturated carbocycles. The van der Waals surface area contributed by atoms with E-state index in [1.54, 1.807) is 4.90 Å². The molecule has 33 heavy (non-hydrogen) atoms. The monoisotopic (exact) mass is 468 g/mol. The minimum absolute atomic E-state index is 0.0204. The normalized spacial score (nSPS) is 14.3. The zero-order valence-electron chi connectivity index (χ0n) is 18.8. The van der Waals surface area contributed by atoms with E-state index >= 15 is 0 Å². The number of ether oxygens (including phenoxy) is 1. The first-order valence-electron chi connectivity index (χ1n) is 11.4. The molecular formula is C25H29ClN4O3. The Labute approximate surface area is 199 Å². The molecule has 2 aromatic carbocycles. The second-order valence-electron chi connectivity index (χ2n) is 8.52. The van der Waals surface area contributed by atoms with E-state index in [-0.39, 0.29) is 11.8 Å². The highest BCUT2D eigenvalue weighted by Crippen LogP contribution is 2.30. The van der Waals surface area contributed by atoms with Gasteiger partial charge in [-0.3, -0.25) is 14.9 Å². The third kappa shape index (κ3) is 6.26. The highest BCUT2D eigenvalue weighted by atomic mass is 35.5. The maximum Gasteiger partial charge on any atom is 0.246 e. The average molecular weight is 469 g/mol. The van der Waals surface area contributed by atoms with Gasteiger partial charge in [-0.05, 0) is 48.7 Å².